The number of hydrogen-bond acceptors (Lipinski definition) is 4. The molecule has 0 aliphatic rings. The summed E-state index contributed by atoms with van der Waals surface area (Å²) < 4.78 is 0. The molecule has 0 saturated heterocycles. The smallest absolute Gasteiger partial charge is 0.125 e. The lowest BCUT2D eigenvalue weighted by Gasteiger charge is -2.07. The SMILES string of the molecule is Cc1nccc(CNc2ccc(C(N)=S)cc2)n1. The molecule has 3 N–H and O–H groups in total. The highest BCUT2D eigenvalue weighted by Gasteiger charge is 1.98. The summed E-state index contributed by atoms with van der Waals surface area (Å²) in [6.45, 7) is 2.54. The normalized spacial score (nSPS) is 10.1. The van der Waals surface area contributed by atoms with Crippen LogP contribution in [0.3, 0.4) is 0 Å². The van der Waals surface area contributed by atoms with Crippen molar-refractivity contribution in [3.05, 3.63) is 53.6 Å². The Kier molecular flexibility index (Phi) is 3.84. The monoisotopic (exact) mass is 258 g/mol. The molecule has 0 saturated carbocycles. The van der Waals surface area contributed by atoms with Gasteiger partial charge in [-0.2, -0.15) is 0 Å². The molecule has 0 aliphatic heterocycles. The number of aromatic nitrogens is 2. The number of nitrogens with zero attached hydrogens (tertiary/aromatic N) is 2. The maximum atomic E-state index is 5.54. The lowest BCUT2D eigenvalue weighted by atomic mass is 10.2. The number of rotatable bonds is 4. The van der Waals surface area contributed by atoms with E-state index in [1.54, 1.807) is 6.20 Å². The number of nitrogens with one attached hydrogen (secondary N) is 1. The van der Waals surface area contributed by atoms with E-state index in [-0.39, 0.29) is 0 Å². The van der Waals surface area contributed by atoms with Gasteiger partial charge in [0.15, 0.2) is 0 Å². The maximum Gasteiger partial charge on any atom is 0.125 e. The predicted molar refractivity (Wildman–Crippen MR) is 76.4 cm³/mol. The van der Waals surface area contributed by atoms with Crippen LogP contribution in [0.25, 0.3) is 0 Å². The van der Waals surface area contributed by atoms with Gasteiger partial charge in [0.1, 0.15) is 10.8 Å². The number of anilines is 1. The van der Waals surface area contributed by atoms with Crippen LogP contribution in [-0.4, -0.2) is 15.0 Å². The minimum absolute atomic E-state index is 0.410. The fourth-order valence-corrected chi connectivity index (χ4v) is 1.68. The first-order valence-electron chi connectivity index (χ1n) is 5.57. The minimum Gasteiger partial charge on any atom is -0.389 e. The third-order valence-electron chi connectivity index (χ3n) is 2.48. The van der Waals surface area contributed by atoms with Gasteiger partial charge in [-0.25, -0.2) is 9.97 Å². The van der Waals surface area contributed by atoms with Crippen LogP contribution in [0.15, 0.2) is 36.5 Å². The van der Waals surface area contributed by atoms with Gasteiger partial charge in [0, 0.05) is 17.4 Å². The molecule has 1 aromatic heterocycles. The van der Waals surface area contributed by atoms with Crippen LogP contribution in [0.2, 0.25) is 0 Å². The zero-order valence-electron chi connectivity index (χ0n) is 10.1. The molecular formula is C13H14N4S. The Bertz CT molecular complexity index is 551. The van der Waals surface area contributed by atoms with Crippen molar-refractivity contribution in [2.45, 2.75) is 13.5 Å². The number of aryl methyl sites for hydroxylation is 1. The largest absolute Gasteiger partial charge is 0.389 e. The van der Waals surface area contributed by atoms with Gasteiger partial charge < -0.3 is 11.1 Å². The zero-order chi connectivity index (χ0) is 13.0. The van der Waals surface area contributed by atoms with Crippen LogP contribution in [0.4, 0.5) is 5.69 Å². The third kappa shape index (κ3) is 3.24. The van der Waals surface area contributed by atoms with E-state index in [9.17, 15) is 0 Å². The fraction of sp³-hybridized carbons (Fsp3) is 0.154. The Morgan fingerprint density at radius 2 is 2.00 bits per heavy atom. The summed E-state index contributed by atoms with van der Waals surface area (Å²) in [5.41, 5.74) is 8.37. The molecule has 92 valence electrons. The van der Waals surface area contributed by atoms with Crippen molar-refractivity contribution < 1.29 is 0 Å². The van der Waals surface area contributed by atoms with E-state index in [0.717, 1.165) is 22.8 Å². The van der Waals surface area contributed by atoms with Crippen LogP contribution >= 0.6 is 12.2 Å². The average Bonchev–Trinajstić information content (AvgIpc) is 2.37. The van der Waals surface area contributed by atoms with Crippen LogP contribution in [0.1, 0.15) is 17.1 Å². The molecular weight excluding hydrogens is 244 g/mol. The predicted octanol–water partition coefficient (Wildman–Crippen LogP) is 2.03. The van der Waals surface area contributed by atoms with Crippen molar-refractivity contribution in [1.82, 2.24) is 9.97 Å². The number of nitrogens with two attached hydrogens (primary N) is 1. The Labute approximate surface area is 111 Å². The summed E-state index contributed by atoms with van der Waals surface area (Å²) >= 11 is 4.90. The molecule has 0 aliphatic carbocycles. The van der Waals surface area contributed by atoms with Crippen LogP contribution in [0, 0.1) is 6.92 Å². The van der Waals surface area contributed by atoms with Crippen LogP contribution in [0.5, 0.6) is 0 Å². The van der Waals surface area contributed by atoms with Crippen molar-refractivity contribution in [3.8, 4) is 0 Å². The molecule has 2 aromatic rings. The average molecular weight is 258 g/mol. The van der Waals surface area contributed by atoms with Gasteiger partial charge in [-0.15, -0.1) is 0 Å². The van der Waals surface area contributed by atoms with Gasteiger partial charge in [-0.05, 0) is 37.3 Å². The van der Waals surface area contributed by atoms with Gasteiger partial charge in [0.25, 0.3) is 0 Å². The summed E-state index contributed by atoms with van der Waals surface area (Å²) in [7, 11) is 0. The van der Waals surface area contributed by atoms with E-state index >= 15 is 0 Å². The summed E-state index contributed by atoms with van der Waals surface area (Å²) in [5.74, 6) is 0.776. The number of thiocarbonyl (C=S) groups is 1. The molecule has 0 bridgehead atoms. The second kappa shape index (κ2) is 5.55. The summed E-state index contributed by atoms with van der Waals surface area (Å²) in [4.78, 5) is 8.79. The maximum absolute atomic E-state index is 5.54. The second-order valence-corrected chi connectivity index (χ2v) is 4.33. The molecule has 4 nitrogen and oxygen atoms in total. The molecule has 1 aromatic carbocycles. The van der Waals surface area contributed by atoms with Crippen molar-refractivity contribution in [1.29, 1.82) is 0 Å². The van der Waals surface area contributed by atoms with E-state index in [4.69, 9.17) is 18.0 Å². The first kappa shape index (κ1) is 12.4. The Morgan fingerprint density at radius 1 is 1.28 bits per heavy atom. The molecule has 0 amide bonds. The van der Waals surface area contributed by atoms with E-state index in [2.05, 4.69) is 15.3 Å². The van der Waals surface area contributed by atoms with Gasteiger partial charge in [-0.3, -0.25) is 0 Å². The second-order valence-electron chi connectivity index (χ2n) is 3.89. The lowest BCUT2D eigenvalue weighted by Crippen LogP contribution is -2.09. The molecule has 0 fully saturated rings. The highest BCUT2D eigenvalue weighted by atomic mass is 32.1. The van der Waals surface area contributed by atoms with E-state index in [0.29, 0.717) is 11.5 Å². The molecule has 18 heavy (non-hydrogen) atoms. The van der Waals surface area contributed by atoms with Gasteiger partial charge in [0.2, 0.25) is 0 Å². The molecule has 0 spiro atoms. The van der Waals surface area contributed by atoms with E-state index in [1.165, 1.54) is 0 Å². The molecule has 2 rings (SSSR count). The van der Waals surface area contributed by atoms with Gasteiger partial charge >= 0.3 is 0 Å². The molecule has 0 atom stereocenters. The van der Waals surface area contributed by atoms with Crippen molar-refractivity contribution in [2.24, 2.45) is 5.73 Å². The number of hydrogen-bond donors (Lipinski definition) is 2. The molecule has 5 heteroatoms. The first-order valence-corrected chi connectivity index (χ1v) is 5.98. The first-order chi connectivity index (χ1) is 8.65. The van der Waals surface area contributed by atoms with Crippen molar-refractivity contribution in [2.75, 3.05) is 5.32 Å². The highest BCUT2D eigenvalue weighted by Crippen LogP contribution is 2.10. The Balaban J connectivity index is 2.00. The van der Waals surface area contributed by atoms with Crippen molar-refractivity contribution >= 4 is 22.9 Å². The summed E-state index contributed by atoms with van der Waals surface area (Å²) in [6.07, 6.45) is 1.76. The van der Waals surface area contributed by atoms with Crippen LogP contribution in [-0.2, 0) is 6.54 Å². The third-order valence-corrected chi connectivity index (χ3v) is 2.71. The quantitative estimate of drug-likeness (QED) is 0.822. The highest BCUT2D eigenvalue weighted by molar-refractivity contribution is 7.80. The van der Waals surface area contributed by atoms with E-state index in [1.807, 2.05) is 37.3 Å². The van der Waals surface area contributed by atoms with Gasteiger partial charge in [-0.1, -0.05) is 12.2 Å². The lowest BCUT2D eigenvalue weighted by molar-refractivity contribution is 0.955. The Morgan fingerprint density at radius 3 is 2.61 bits per heavy atom. The fourth-order valence-electron chi connectivity index (χ4n) is 1.55. The van der Waals surface area contributed by atoms with Crippen molar-refractivity contribution in [3.63, 3.8) is 0 Å². The van der Waals surface area contributed by atoms with Gasteiger partial charge in [0.05, 0.1) is 12.2 Å². The molecule has 1 heterocycles. The molecule has 0 unspecified atom stereocenters. The summed E-state index contributed by atoms with van der Waals surface area (Å²) in [5, 5.41) is 3.28. The Hall–Kier alpha value is -2.01. The zero-order valence-corrected chi connectivity index (χ0v) is 10.9. The molecule has 0 radical (unpaired) electrons. The summed E-state index contributed by atoms with van der Waals surface area (Å²) in [6, 6.07) is 9.58. The standard InChI is InChI=1S/C13H14N4S/c1-9-15-7-6-12(17-9)8-16-11-4-2-10(3-5-11)13(14)18/h2-7,16H,8H2,1H3,(H2,14,18). The topological polar surface area (TPSA) is 63.8 Å². The van der Waals surface area contributed by atoms with E-state index < -0.39 is 0 Å². The van der Waals surface area contributed by atoms with Crippen LogP contribution < -0.4 is 11.1 Å². The minimum atomic E-state index is 0.410. The number of benzene rings is 1.